The van der Waals surface area contributed by atoms with Gasteiger partial charge in [-0.2, -0.15) is 0 Å². The van der Waals surface area contributed by atoms with E-state index in [4.69, 9.17) is 19.9 Å². The molecule has 1 aromatic carbocycles. The van der Waals surface area contributed by atoms with E-state index in [0.717, 1.165) is 23.1 Å². The van der Waals surface area contributed by atoms with Crippen molar-refractivity contribution >= 4 is 15.9 Å². The van der Waals surface area contributed by atoms with Crippen LogP contribution in [0.4, 0.5) is 0 Å². The van der Waals surface area contributed by atoms with Crippen LogP contribution in [0.1, 0.15) is 12.0 Å². The minimum Gasteiger partial charge on any atom is -0.492 e. The van der Waals surface area contributed by atoms with Crippen LogP contribution in [0.5, 0.6) is 5.75 Å². The number of halogens is 1. The third-order valence-corrected chi connectivity index (χ3v) is 3.17. The lowest BCUT2D eigenvalue weighted by Crippen LogP contribution is -2.07. The second-order valence-electron chi connectivity index (χ2n) is 4.11. The van der Waals surface area contributed by atoms with Gasteiger partial charge in [0.2, 0.25) is 0 Å². The molecule has 0 amide bonds. The average Bonchev–Trinajstić information content (AvgIpc) is 2.40. The third-order valence-electron chi connectivity index (χ3n) is 2.55. The first-order valence-corrected chi connectivity index (χ1v) is 7.25. The van der Waals surface area contributed by atoms with Crippen molar-refractivity contribution in [3.63, 3.8) is 0 Å². The molecule has 2 N–H and O–H groups in total. The molecule has 0 saturated carbocycles. The molecule has 0 unspecified atom stereocenters. The average molecular weight is 332 g/mol. The Kier molecular flexibility index (Phi) is 8.82. The molecule has 0 bridgehead atoms. The van der Waals surface area contributed by atoms with Gasteiger partial charge in [0, 0.05) is 20.1 Å². The molecule has 0 fully saturated rings. The fourth-order valence-electron chi connectivity index (χ4n) is 1.57. The van der Waals surface area contributed by atoms with Crippen molar-refractivity contribution in [1.29, 1.82) is 0 Å². The maximum atomic E-state index is 5.69. The van der Waals surface area contributed by atoms with E-state index in [1.54, 1.807) is 7.11 Å². The molecule has 0 saturated heterocycles. The van der Waals surface area contributed by atoms with Gasteiger partial charge in [-0.25, -0.2) is 0 Å². The second kappa shape index (κ2) is 10.2. The van der Waals surface area contributed by atoms with E-state index in [1.807, 2.05) is 12.1 Å². The molecule has 0 spiro atoms. The largest absolute Gasteiger partial charge is 0.492 e. The summed E-state index contributed by atoms with van der Waals surface area (Å²) in [4.78, 5) is 0. The first-order chi connectivity index (χ1) is 9.27. The van der Waals surface area contributed by atoms with Gasteiger partial charge in [0.25, 0.3) is 0 Å². The Hall–Kier alpha value is -0.620. The topological polar surface area (TPSA) is 53.7 Å². The Morgan fingerprint density at radius 3 is 2.68 bits per heavy atom. The SMILES string of the molecule is COCCOCCCOc1ccc(CCN)cc1Br. The van der Waals surface area contributed by atoms with Gasteiger partial charge in [0.1, 0.15) is 5.75 Å². The number of hydrogen-bond acceptors (Lipinski definition) is 4. The van der Waals surface area contributed by atoms with E-state index in [9.17, 15) is 0 Å². The van der Waals surface area contributed by atoms with E-state index in [0.29, 0.717) is 33.0 Å². The highest BCUT2D eigenvalue weighted by molar-refractivity contribution is 9.10. The number of hydrogen-bond donors (Lipinski definition) is 1. The summed E-state index contributed by atoms with van der Waals surface area (Å²) in [6.07, 6.45) is 1.74. The molecule has 0 aromatic heterocycles. The summed E-state index contributed by atoms with van der Waals surface area (Å²) in [5.41, 5.74) is 6.74. The molecule has 4 nitrogen and oxygen atoms in total. The smallest absolute Gasteiger partial charge is 0.133 e. The Balaban J connectivity index is 2.22. The van der Waals surface area contributed by atoms with E-state index < -0.39 is 0 Å². The molecule has 19 heavy (non-hydrogen) atoms. The molecule has 0 atom stereocenters. The molecular weight excluding hydrogens is 310 g/mol. The van der Waals surface area contributed by atoms with Crippen molar-refractivity contribution in [3.8, 4) is 5.75 Å². The summed E-state index contributed by atoms with van der Waals surface area (Å²) < 4.78 is 16.9. The first kappa shape index (κ1) is 16.4. The third kappa shape index (κ3) is 6.92. The summed E-state index contributed by atoms with van der Waals surface area (Å²) in [7, 11) is 1.67. The zero-order valence-corrected chi connectivity index (χ0v) is 12.9. The van der Waals surface area contributed by atoms with Gasteiger partial charge in [-0.15, -0.1) is 0 Å². The minimum atomic E-state index is 0.633. The van der Waals surface area contributed by atoms with Gasteiger partial charge in [-0.3, -0.25) is 0 Å². The van der Waals surface area contributed by atoms with Gasteiger partial charge >= 0.3 is 0 Å². The van der Waals surface area contributed by atoms with Crippen LogP contribution in [0.2, 0.25) is 0 Å². The Morgan fingerprint density at radius 2 is 2.00 bits per heavy atom. The van der Waals surface area contributed by atoms with Crippen molar-refractivity contribution in [3.05, 3.63) is 28.2 Å². The molecule has 0 aliphatic heterocycles. The Labute approximate surface area is 123 Å². The number of ether oxygens (including phenoxy) is 3. The minimum absolute atomic E-state index is 0.633. The van der Waals surface area contributed by atoms with E-state index >= 15 is 0 Å². The van der Waals surface area contributed by atoms with E-state index in [-0.39, 0.29) is 0 Å². The van der Waals surface area contributed by atoms with E-state index in [1.165, 1.54) is 5.56 Å². The summed E-state index contributed by atoms with van der Waals surface area (Å²) in [5, 5.41) is 0. The fraction of sp³-hybridized carbons (Fsp3) is 0.571. The van der Waals surface area contributed by atoms with Gasteiger partial charge in [-0.1, -0.05) is 6.07 Å². The highest BCUT2D eigenvalue weighted by Gasteiger charge is 2.02. The highest BCUT2D eigenvalue weighted by atomic mass is 79.9. The Bertz CT molecular complexity index is 361. The molecule has 0 aliphatic rings. The highest BCUT2D eigenvalue weighted by Crippen LogP contribution is 2.26. The lowest BCUT2D eigenvalue weighted by molar-refractivity contribution is 0.0644. The monoisotopic (exact) mass is 331 g/mol. The van der Waals surface area contributed by atoms with E-state index in [2.05, 4.69) is 22.0 Å². The summed E-state index contributed by atoms with van der Waals surface area (Å²) in [5.74, 6) is 0.859. The van der Waals surface area contributed by atoms with Crippen LogP contribution >= 0.6 is 15.9 Å². The second-order valence-corrected chi connectivity index (χ2v) is 4.96. The van der Waals surface area contributed by atoms with Crippen LogP contribution in [-0.4, -0.2) is 40.1 Å². The number of benzene rings is 1. The van der Waals surface area contributed by atoms with Crippen molar-refractivity contribution < 1.29 is 14.2 Å². The van der Waals surface area contributed by atoms with Gasteiger partial charge in [0.05, 0.1) is 24.3 Å². The molecular formula is C14H22BrNO3. The summed E-state index contributed by atoms with van der Waals surface area (Å²) in [6.45, 7) is 3.25. The predicted molar refractivity (Wildman–Crippen MR) is 79.7 cm³/mol. The van der Waals surface area contributed by atoms with Crippen LogP contribution in [0.25, 0.3) is 0 Å². The van der Waals surface area contributed by atoms with Crippen LogP contribution in [0.3, 0.4) is 0 Å². The normalized spacial score (nSPS) is 10.7. The summed E-state index contributed by atoms with van der Waals surface area (Å²) in [6, 6.07) is 6.07. The van der Waals surface area contributed by atoms with Crippen LogP contribution < -0.4 is 10.5 Å². The molecule has 108 valence electrons. The molecule has 1 aromatic rings. The molecule has 0 heterocycles. The van der Waals surface area contributed by atoms with Gasteiger partial charge in [0.15, 0.2) is 0 Å². The zero-order valence-electron chi connectivity index (χ0n) is 11.4. The summed E-state index contributed by atoms with van der Waals surface area (Å²) >= 11 is 3.51. The standard InChI is InChI=1S/C14H22BrNO3/c1-17-9-10-18-7-2-8-19-14-4-3-12(5-6-16)11-13(14)15/h3-4,11H,2,5-10,16H2,1H3. The van der Waals surface area contributed by atoms with Crippen molar-refractivity contribution in [2.45, 2.75) is 12.8 Å². The predicted octanol–water partition coefficient (Wildman–Crippen LogP) is 2.38. The lowest BCUT2D eigenvalue weighted by Gasteiger charge is -2.10. The van der Waals surface area contributed by atoms with Crippen molar-refractivity contribution in [2.75, 3.05) is 40.1 Å². The molecule has 0 aliphatic carbocycles. The number of methoxy groups -OCH3 is 1. The van der Waals surface area contributed by atoms with Crippen LogP contribution in [0.15, 0.2) is 22.7 Å². The van der Waals surface area contributed by atoms with Crippen molar-refractivity contribution in [1.82, 2.24) is 0 Å². The maximum Gasteiger partial charge on any atom is 0.133 e. The fourth-order valence-corrected chi connectivity index (χ4v) is 2.11. The number of rotatable bonds is 10. The van der Waals surface area contributed by atoms with Crippen LogP contribution in [-0.2, 0) is 15.9 Å². The van der Waals surface area contributed by atoms with Crippen LogP contribution in [0, 0.1) is 0 Å². The lowest BCUT2D eigenvalue weighted by atomic mass is 10.1. The quantitative estimate of drug-likeness (QED) is 0.669. The molecule has 5 heteroatoms. The maximum absolute atomic E-state index is 5.69. The molecule has 1 rings (SSSR count). The van der Waals surface area contributed by atoms with Gasteiger partial charge in [-0.05, 0) is 46.6 Å². The Morgan fingerprint density at radius 1 is 1.16 bits per heavy atom. The first-order valence-electron chi connectivity index (χ1n) is 6.46. The van der Waals surface area contributed by atoms with Gasteiger partial charge < -0.3 is 19.9 Å². The van der Waals surface area contributed by atoms with Crippen molar-refractivity contribution in [2.24, 2.45) is 5.73 Å². The number of nitrogens with two attached hydrogens (primary N) is 1. The zero-order chi connectivity index (χ0) is 13.9. The molecule has 0 radical (unpaired) electrons.